The summed E-state index contributed by atoms with van der Waals surface area (Å²) in [5, 5.41) is 9.27. The first-order chi connectivity index (χ1) is 9.06. The zero-order valence-corrected chi connectivity index (χ0v) is 12.6. The lowest BCUT2D eigenvalue weighted by Crippen LogP contribution is -2.19. The van der Waals surface area contributed by atoms with Crippen molar-refractivity contribution in [3.05, 3.63) is 29.8 Å². The van der Waals surface area contributed by atoms with Gasteiger partial charge in [-0.15, -0.1) is 0 Å². The Balaban J connectivity index is 2.51. The van der Waals surface area contributed by atoms with Gasteiger partial charge in [0, 0.05) is 6.42 Å². The minimum absolute atomic E-state index is 0.224. The molecule has 0 unspecified atom stereocenters. The Bertz CT molecular complexity index is 410. The van der Waals surface area contributed by atoms with Gasteiger partial charge in [-0.2, -0.15) is 5.26 Å². The molecular formula is C17H25NO. The van der Waals surface area contributed by atoms with Crippen LogP contribution < -0.4 is 4.74 Å². The van der Waals surface area contributed by atoms with Gasteiger partial charge < -0.3 is 4.74 Å². The molecule has 2 heteroatoms. The second kappa shape index (κ2) is 7.19. The normalized spacial score (nSPS) is 11.4. The molecule has 0 spiro atoms. The van der Waals surface area contributed by atoms with Crippen LogP contribution in [0.15, 0.2) is 24.3 Å². The van der Waals surface area contributed by atoms with E-state index in [0.29, 0.717) is 12.5 Å². The van der Waals surface area contributed by atoms with Gasteiger partial charge in [0.05, 0.1) is 18.1 Å². The predicted octanol–water partition coefficient (Wildman–Crippen LogP) is 4.91. The summed E-state index contributed by atoms with van der Waals surface area (Å²) in [5.74, 6) is 1.43. The first-order valence-electron chi connectivity index (χ1n) is 7.21. The maximum atomic E-state index is 9.27. The fraction of sp³-hybridized carbons (Fsp3) is 0.588. The number of benzene rings is 1. The average molecular weight is 259 g/mol. The van der Waals surface area contributed by atoms with E-state index in [1.54, 1.807) is 0 Å². The van der Waals surface area contributed by atoms with Gasteiger partial charge in [-0.3, -0.25) is 0 Å². The smallest absolute Gasteiger partial charge is 0.119 e. The highest BCUT2D eigenvalue weighted by atomic mass is 16.5. The molecular weight excluding hydrogens is 234 g/mol. The molecule has 0 bridgehead atoms. The van der Waals surface area contributed by atoms with E-state index in [0.717, 1.165) is 25.0 Å². The zero-order valence-electron chi connectivity index (χ0n) is 12.6. The second-order valence-electron chi connectivity index (χ2n) is 5.42. The highest BCUT2D eigenvalue weighted by Crippen LogP contribution is 2.29. The topological polar surface area (TPSA) is 33.0 Å². The molecule has 1 aromatic rings. The molecule has 0 aliphatic heterocycles. The highest BCUT2D eigenvalue weighted by molar-refractivity contribution is 5.28. The molecule has 0 saturated heterocycles. The maximum absolute atomic E-state index is 9.27. The first kappa shape index (κ1) is 15.6. The van der Waals surface area contributed by atoms with Crippen LogP contribution in [-0.4, -0.2) is 6.61 Å². The summed E-state index contributed by atoms with van der Waals surface area (Å²) in [7, 11) is 0. The van der Waals surface area contributed by atoms with Crippen molar-refractivity contribution >= 4 is 0 Å². The van der Waals surface area contributed by atoms with E-state index in [9.17, 15) is 5.26 Å². The number of hydrogen-bond donors (Lipinski definition) is 0. The van der Waals surface area contributed by atoms with E-state index >= 15 is 0 Å². The van der Waals surface area contributed by atoms with Gasteiger partial charge in [-0.25, -0.2) is 0 Å². The summed E-state index contributed by atoms with van der Waals surface area (Å²) in [6.07, 6.45) is 2.56. The van der Waals surface area contributed by atoms with Gasteiger partial charge in [0.25, 0.3) is 0 Å². The quantitative estimate of drug-likeness (QED) is 0.697. The summed E-state index contributed by atoms with van der Waals surface area (Å²) in [4.78, 5) is 0. The number of rotatable bonds is 7. The fourth-order valence-electron chi connectivity index (χ4n) is 2.13. The Kier molecular flexibility index (Phi) is 5.89. The monoisotopic (exact) mass is 259 g/mol. The second-order valence-corrected chi connectivity index (χ2v) is 5.42. The predicted molar refractivity (Wildman–Crippen MR) is 79.3 cm³/mol. The van der Waals surface area contributed by atoms with E-state index in [4.69, 9.17) is 4.74 Å². The SMILES string of the molecule is CCC(C#N)(CC)CCOc1ccc(C(C)C)cc1. The molecule has 0 aliphatic carbocycles. The van der Waals surface area contributed by atoms with Gasteiger partial charge in [0.2, 0.25) is 0 Å². The lowest BCUT2D eigenvalue weighted by atomic mass is 9.81. The summed E-state index contributed by atoms with van der Waals surface area (Å²) in [5.41, 5.74) is 1.10. The van der Waals surface area contributed by atoms with Crippen molar-refractivity contribution in [2.24, 2.45) is 5.41 Å². The van der Waals surface area contributed by atoms with E-state index in [2.05, 4.69) is 45.9 Å². The largest absolute Gasteiger partial charge is 0.494 e. The third-order valence-corrected chi connectivity index (χ3v) is 3.99. The Labute approximate surface area is 117 Å². The van der Waals surface area contributed by atoms with Crippen molar-refractivity contribution in [1.82, 2.24) is 0 Å². The molecule has 0 heterocycles. The van der Waals surface area contributed by atoms with Crippen molar-refractivity contribution < 1.29 is 4.74 Å². The van der Waals surface area contributed by atoms with Crippen molar-refractivity contribution in [3.63, 3.8) is 0 Å². The third-order valence-electron chi connectivity index (χ3n) is 3.99. The Hall–Kier alpha value is -1.49. The van der Waals surface area contributed by atoms with Gasteiger partial charge in [-0.1, -0.05) is 39.8 Å². The van der Waals surface area contributed by atoms with Crippen molar-refractivity contribution in [2.75, 3.05) is 6.61 Å². The van der Waals surface area contributed by atoms with Crippen LogP contribution in [0.5, 0.6) is 5.75 Å². The van der Waals surface area contributed by atoms with Crippen LogP contribution in [0.2, 0.25) is 0 Å². The van der Waals surface area contributed by atoms with Crippen molar-refractivity contribution in [2.45, 2.75) is 52.9 Å². The standard InChI is InChI=1S/C17H25NO/c1-5-17(6-2,13-18)11-12-19-16-9-7-15(8-10-16)14(3)4/h7-10,14H,5-6,11-12H2,1-4H3. The van der Waals surface area contributed by atoms with Gasteiger partial charge >= 0.3 is 0 Å². The van der Waals surface area contributed by atoms with Crippen LogP contribution in [0.1, 0.15) is 58.4 Å². The van der Waals surface area contributed by atoms with Crippen LogP contribution in [0.4, 0.5) is 0 Å². The van der Waals surface area contributed by atoms with Crippen LogP contribution in [-0.2, 0) is 0 Å². The molecule has 1 rings (SSSR count). The first-order valence-corrected chi connectivity index (χ1v) is 7.21. The molecule has 0 amide bonds. The van der Waals surface area contributed by atoms with E-state index < -0.39 is 0 Å². The molecule has 0 radical (unpaired) electrons. The summed E-state index contributed by atoms with van der Waals surface area (Å²) in [6, 6.07) is 10.7. The van der Waals surface area contributed by atoms with Crippen LogP contribution >= 0.6 is 0 Å². The number of nitriles is 1. The number of hydrogen-bond acceptors (Lipinski definition) is 2. The summed E-state index contributed by atoms with van der Waals surface area (Å²) >= 11 is 0. The lowest BCUT2D eigenvalue weighted by Gasteiger charge is -2.23. The fourth-order valence-corrected chi connectivity index (χ4v) is 2.13. The van der Waals surface area contributed by atoms with Gasteiger partial charge in [0.1, 0.15) is 5.75 Å². The van der Waals surface area contributed by atoms with Gasteiger partial charge in [-0.05, 0) is 36.5 Å². The summed E-state index contributed by atoms with van der Waals surface area (Å²) in [6.45, 7) is 9.11. The Morgan fingerprint density at radius 2 is 1.74 bits per heavy atom. The third kappa shape index (κ3) is 4.28. The van der Waals surface area contributed by atoms with Crippen LogP contribution in [0, 0.1) is 16.7 Å². The number of nitrogens with zero attached hydrogens (tertiary/aromatic N) is 1. The summed E-state index contributed by atoms with van der Waals surface area (Å²) < 4.78 is 5.75. The van der Waals surface area contributed by atoms with Crippen LogP contribution in [0.25, 0.3) is 0 Å². The molecule has 104 valence electrons. The van der Waals surface area contributed by atoms with Crippen LogP contribution in [0.3, 0.4) is 0 Å². The van der Waals surface area contributed by atoms with Crippen molar-refractivity contribution in [1.29, 1.82) is 5.26 Å². The Morgan fingerprint density at radius 1 is 1.16 bits per heavy atom. The average Bonchev–Trinajstić information content (AvgIpc) is 2.45. The molecule has 19 heavy (non-hydrogen) atoms. The van der Waals surface area contributed by atoms with Gasteiger partial charge in [0.15, 0.2) is 0 Å². The van der Waals surface area contributed by atoms with E-state index in [1.165, 1.54) is 5.56 Å². The lowest BCUT2D eigenvalue weighted by molar-refractivity contribution is 0.231. The maximum Gasteiger partial charge on any atom is 0.119 e. The van der Waals surface area contributed by atoms with E-state index in [1.807, 2.05) is 12.1 Å². The minimum Gasteiger partial charge on any atom is -0.494 e. The molecule has 0 fully saturated rings. The molecule has 0 aromatic heterocycles. The number of ether oxygens (including phenoxy) is 1. The molecule has 1 aromatic carbocycles. The molecule has 2 nitrogen and oxygen atoms in total. The zero-order chi connectivity index (χ0) is 14.3. The van der Waals surface area contributed by atoms with Crippen molar-refractivity contribution in [3.8, 4) is 11.8 Å². The van der Waals surface area contributed by atoms with E-state index in [-0.39, 0.29) is 5.41 Å². The highest BCUT2D eigenvalue weighted by Gasteiger charge is 2.25. The minimum atomic E-state index is -0.224. The molecule has 0 saturated carbocycles. The molecule has 0 N–H and O–H groups in total. The molecule has 0 atom stereocenters. The molecule has 0 aliphatic rings. The Morgan fingerprint density at radius 3 is 2.16 bits per heavy atom.